The molecule has 0 aliphatic heterocycles. The molecule has 5 heteroatoms. The number of nitriles is 1. The molecule has 0 saturated heterocycles. The van der Waals surface area contributed by atoms with E-state index in [1.165, 1.54) is 0 Å². The van der Waals surface area contributed by atoms with Crippen molar-refractivity contribution in [3.8, 4) is 11.8 Å². The molecule has 0 spiro atoms. The Balaban J connectivity index is 2.56. The number of carbonyl (C=O) groups excluding carboxylic acids is 1. The number of phenols is 1. The van der Waals surface area contributed by atoms with Gasteiger partial charge in [0.2, 0.25) is 0 Å². The Bertz CT molecular complexity index is 573. The number of nitrogens with zero attached hydrogens (tertiary/aromatic N) is 2. The molecule has 2 N–H and O–H groups in total. The first-order chi connectivity index (χ1) is 11.6. The maximum absolute atomic E-state index is 12.2. The van der Waals surface area contributed by atoms with Gasteiger partial charge in [0.15, 0.2) is 0 Å². The normalized spacial score (nSPS) is 11.0. The zero-order chi connectivity index (χ0) is 17.8. The van der Waals surface area contributed by atoms with Gasteiger partial charge in [-0.05, 0) is 37.0 Å². The molecule has 5 nitrogen and oxygen atoms in total. The van der Waals surface area contributed by atoms with Crippen LogP contribution >= 0.6 is 0 Å². The van der Waals surface area contributed by atoms with Crippen LogP contribution in [0.3, 0.4) is 0 Å². The number of amides is 1. The highest BCUT2D eigenvalue weighted by Gasteiger charge is 2.10. The Labute approximate surface area is 144 Å². The van der Waals surface area contributed by atoms with Crippen molar-refractivity contribution in [1.29, 1.82) is 5.26 Å². The zero-order valence-electron chi connectivity index (χ0n) is 14.6. The van der Waals surface area contributed by atoms with E-state index in [1.807, 2.05) is 23.1 Å². The van der Waals surface area contributed by atoms with Crippen molar-refractivity contribution in [2.75, 3.05) is 19.6 Å². The van der Waals surface area contributed by atoms with Crippen LogP contribution in [0.25, 0.3) is 0 Å². The van der Waals surface area contributed by atoms with Gasteiger partial charge in [-0.2, -0.15) is 5.26 Å². The van der Waals surface area contributed by atoms with Gasteiger partial charge in [-0.3, -0.25) is 4.79 Å². The minimum absolute atomic E-state index is 0.144. The predicted octanol–water partition coefficient (Wildman–Crippen LogP) is 2.97. The van der Waals surface area contributed by atoms with E-state index >= 15 is 0 Å². The van der Waals surface area contributed by atoms with Crippen molar-refractivity contribution < 1.29 is 9.90 Å². The van der Waals surface area contributed by atoms with Crippen LogP contribution in [-0.4, -0.2) is 35.5 Å². The van der Waals surface area contributed by atoms with Crippen molar-refractivity contribution in [2.45, 2.75) is 39.5 Å². The van der Waals surface area contributed by atoms with Gasteiger partial charge in [-0.15, -0.1) is 0 Å². The lowest BCUT2D eigenvalue weighted by atomic mass is 10.1. The Morgan fingerprint density at radius 2 is 1.96 bits per heavy atom. The zero-order valence-corrected chi connectivity index (χ0v) is 14.6. The maximum Gasteiger partial charge on any atom is 0.263 e. The predicted molar refractivity (Wildman–Crippen MR) is 95.3 cm³/mol. The second kappa shape index (κ2) is 11.1. The number of unbranched alkanes of at least 4 members (excludes halogenated alkanes) is 1. The van der Waals surface area contributed by atoms with Crippen LogP contribution < -0.4 is 5.32 Å². The van der Waals surface area contributed by atoms with Crippen molar-refractivity contribution in [1.82, 2.24) is 10.2 Å². The average Bonchev–Trinajstić information content (AvgIpc) is 2.59. The van der Waals surface area contributed by atoms with Crippen LogP contribution in [0.15, 0.2) is 36.0 Å². The molecule has 0 heterocycles. The third kappa shape index (κ3) is 7.19. The Morgan fingerprint density at radius 1 is 1.25 bits per heavy atom. The van der Waals surface area contributed by atoms with Gasteiger partial charge >= 0.3 is 0 Å². The van der Waals surface area contributed by atoms with Crippen LogP contribution in [-0.2, 0) is 11.2 Å². The third-order valence-electron chi connectivity index (χ3n) is 3.62. The number of rotatable bonds is 10. The lowest BCUT2D eigenvalue weighted by molar-refractivity contribution is -0.117. The molecular weight excluding hydrogens is 302 g/mol. The second-order valence-corrected chi connectivity index (χ2v) is 5.72. The number of benzene rings is 1. The summed E-state index contributed by atoms with van der Waals surface area (Å²) in [6, 6.07) is 8.87. The minimum Gasteiger partial charge on any atom is -0.508 e. The molecule has 0 aromatic heterocycles. The fraction of sp³-hybridized carbons (Fsp3) is 0.474. The molecule has 1 aromatic rings. The number of hydrogen-bond acceptors (Lipinski definition) is 4. The Morgan fingerprint density at radius 3 is 2.54 bits per heavy atom. The van der Waals surface area contributed by atoms with Gasteiger partial charge < -0.3 is 15.3 Å². The molecule has 0 aliphatic carbocycles. The fourth-order valence-corrected chi connectivity index (χ4v) is 2.29. The Hall–Kier alpha value is -2.48. The largest absolute Gasteiger partial charge is 0.508 e. The molecule has 0 unspecified atom stereocenters. The summed E-state index contributed by atoms with van der Waals surface area (Å²) in [7, 11) is 0. The van der Waals surface area contributed by atoms with Gasteiger partial charge in [0.05, 0.1) is 0 Å². The molecule has 1 amide bonds. The molecule has 0 fully saturated rings. The van der Waals surface area contributed by atoms with Crippen molar-refractivity contribution in [2.24, 2.45) is 0 Å². The quantitative estimate of drug-likeness (QED) is 0.511. The average molecular weight is 329 g/mol. The highest BCUT2D eigenvalue weighted by molar-refractivity contribution is 5.97. The highest BCUT2D eigenvalue weighted by atomic mass is 16.3. The SMILES string of the molecule is CCCCN(/C=C(/C#N)C(=O)NCCc1ccc(O)cc1)CCC. The molecule has 0 atom stereocenters. The standard InChI is InChI=1S/C19H27N3O2/c1-3-5-13-22(12-4-2)15-17(14-20)19(24)21-11-10-16-6-8-18(23)9-7-16/h6-9,15,23H,3-5,10-13H2,1-2H3,(H,21,24)/b17-15-. The molecule has 130 valence electrons. The Kier molecular flexibility index (Phi) is 9.06. The topological polar surface area (TPSA) is 76.4 Å². The van der Waals surface area contributed by atoms with Crippen LogP contribution in [0, 0.1) is 11.3 Å². The van der Waals surface area contributed by atoms with Crippen molar-refractivity contribution in [3.05, 3.63) is 41.6 Å². The molecule has 0 radical (unpaired) electrons. The first-order valence-corrected chi connectivity index (χ1v) is 8.52. The summed E-state index contributed by atoms with van der Waals surface area (Å²) in [4.78, 5) is 14.2. The summed E-state index contributed by atoms with van der Waals surface area (Å²) in [5, 5.41) is 21.3. The summed E-state index contributed by atoms with van der Waals surface area (Å²) in [5.41, 5.74) is 1.16. The highest BCUT2D eigenvalue weighted by Crippen LogP contribution is 2.09. The van der Waals surface area contributed by atoms with Crippen molar-refractivity contribution in [3.63, 3.8) is 0 Å². The van der Waals surface area contributed by atoms with E-state index < -0.39 is 0 Å². The molecule has 0 aliphatic rings. The van der Waals surface area contributed by atoms with E-state index in [9.17, 15) is 15.2 Å². The van der Waals surface area contributed by atoms with Crippen LogP contribution in [0.4, 0.5) is 0 Å². The second-order valence-electron chi connectivity index (χ2n) is 5.72. The van der Waals surface area contributed by atoms with E-state index in [2.05, 4.69) is 19.2 Å². The molecular formula is C19H27N3O2. The fourth-order valence-electron chi connectivity index (χ4n) is 2.29. The van der Waals surface area contributed by atoms with Crippen LogP contribution in [0.5, 0.6) is 5.75 Å². The first kappa shape index (κ1) is 19.6. The third-order valence-corrected chi connectivity index (χ3v) is 3.62. The number of hydrogen-bond donors (Lipinski definition) is 2. The molecule has 24 heavy (non-hydrogen) atoms. The summed E-state index contributed by atoms with van der Waals surface area (Å²) in [6.45, 7) is 6.35. The number of carbonyl (C=O) groups is 1. The van der Waals surface area contributed by atoms with E-state index in [0.29, 0.717) is 13.0 Å². The monoisotopic (exact) mass is 329 g/mol. The lowest BCUT2D eigenvalue weighted by Crippen LogP contribution is -2.29. The van der Waals surface area contributed by atoms with Gasteiger partial charge in [-0.25, -0.2) is 0 Å². The lowest BCUT2D eigenvalue weighted by Gasteiger charge is -2.19. The van der Waals surface area contributed by atoms with E-state index in [1.54, 1.807) is 18.3 Å². The summed E-state index contributed by atoms with van der Waals surface area (Å²) < 4.78 is 0. The first-order valence-electron chi connectivity index (χ1n) is 8.52. The number of aromatic hydroxyl groups is 1. The van der Waals surface area contributed by atoms with E-state index in [0.717, 1.165) is 37.9 Å². The molecule has 1 aromatic carbocycles. The molecule has 0 saturated carbocycles. The van der Waals surface area contributed by atoms with Crippen molar-refractivity contribution >= 4 is 5.91 Å². The van der Waals surface area contributed by atoms with Crippen LogP contribution in [0.1, 0.15) is 38.7 Å². The number of nitrogens with one attached hydrogen (secondary N) is 1. The van der Waals surface area contributed by atoms with Gasteiger partial charge in [0, 0.05) is 25.8 Å². The van der Waals surface area contributed by atoms with E-state index in [4.69, 9.17) is 0 Å². The minimum atomic E-state index is -0.339. The maximum atomic E-state index is 12.2. The smallest absolute Gasteiger partial charge is 0.263 e. The van der Waals surface area contributed by atoms with Gasteiger partial charge in [0.1, 0.15) is 17.4 Å². The summed E-state index contributed by atoms with van der Waals surface area (Å²) >= 11 is 0. The summed E-state index contributed by atoms with van der Waals surface area (Å²) in [5.74, 6) is -0.116. The van der Waals surface area contributed by atoms with E-state index in [-0.39, 0.29) is 17.2 Å². The van der Waals surface area contributed by atoms with Gasteiger partial charge in [-0.1, -0.05) is 32.4 Å². The summed E-state index contributed by atoms with van der Waals surface area (Å²) in [6.07, 6.45) is 5.42. The number of phenolic OH excluding ortho intramolecular Hbond substituents is 1. The van der Waals surface area contributed by atoms with Crippen LogP contribution in [0.2, 0.25) is 0 Å². The molecule has 1 rings (SSSR count). The van der Waals surface area contributed by atoms with Gasteiger partial charge in [0.25, 0.3) is 5.91 Å². The molecule has 0 bridgehead atoms.